The molecule has 3 saturated carbocycles. The molecule has 5 unspecified atom stereocenters. The Morgan fingerprint density at radius 1 is 1.07 bits per heavy atom. The van der Waals surface area contributed by atoms with Gasteiger partial charge in [0.05, 0.1) is 0 Å². The molecule has 0 spiro atoms. The third kappa shape index (κ3) is 2.66. The average Bonchev–Trinajstić information content (AvgIpc) is 2.93. The van der Waals surface area contributed by atoms with Gasteiger partial charge in [-0.25, -0.2) is 0 Å². The van der Waals surface area contributed by atoms with E-state index in [1.807, 2.05) is 6.08 Å². The van der Waals surface area contributed by atoms with E-state index in [0.29, 0.717) is 30.0 Å². The Bertz CT molecular complexity index is 722. The highest BCUT2D eigenvalue weighted by atomic mass is 16.5. The maximum Gasteiger partial charge on any atom is 0.302 e. The average molecular weight is 373 g/mol. The van der Waals surface area contributed by atoms with Crippen molar-refractivity contribution in [3.63, 3.8) is 0 Å². The van der Waals surface area contributed by atoms with Crippen molar-refractivity contribution in [3.05, 3.63) is 11.6 Å². The van der Waals surface area contributed by atoms with E-state index in [4.69, 9.17) is 4.74 Å². The first-order valence-electron chi connectivity index (χ1n) is 10.6. The minimum absolute atomic E-state index is 0.0883. The molecule has 0 aliphatic heterocycles. The Morgan fingerprint density at radius 3 is 2.48 bits per heavy atom. The lowest BCUT2D eigenvalue weighted by Crippen LogP contribution is -2.56. The molecule has 0 N–H and O–H groups in total. The minimum atomic E-state index is -0.343. The Kier molecular flexibility index (Phi) is 4.40. The number of hydrogen-bond acceptors (Lipinski definition) is 4. The van der Waals surface area contributed by atoms with E-state index in [2.05, 4.69) is 13.8 Å². The fraction of sp³-hybridized carbons (Fsp3) is 0.783. The van der Waals surface area contributed by atoms with Gasteiger partial charge in [0.25, 0.3) is 0 Å². The Labute approximate surface area is 162 Å². The van der Waals surface area contributed by atoms with Gasteiger partial charge in [-0.3, -0.25) is 14.4 Å². The summed E-state index contributed by atoms with van der Waals surface area (Å²) in [6.45, 7) is 7.78. The number of rotatable bonds is 2. The van der Waals surface area contributed by atoms with Crippen molar-refractivity contribution < 1.29 is 19.1 Å². The third-order valence-corrected chi connectivity index (χ3v) is 8.84. The summed E-state index contributed by atoms with van der Waals surface area (Å²) < 4.78 is 5.72. The summed E-state index contributed by atoms with van der Waals surface area (Å²) in [5.41, 5.74) is 1.07. The lowest BCUT2D eigenvalue weighted by molar-refractivity contribution is -0.164. The highest BCUT2D eigenvalue weighted by Gasteiger charge is 2.62. The highest BCUT2D eigenvalue weighted by molar-refractivity contribution is 5.92. The van der Waals surface area contributed by atoms with Crippen LogP contribution in [0.2, 0.25) is 0 Å². The van der Waals surface area contributed by atoms with Crippen LogP contribution in [-0.4, -0.2) is 23.6 Å². The number of esters is 1. The standard InChI is InChI=1S/C23H32O4/c1-13(24)18-7-8-19-17-6-5-15-11-16(26)12-21(27-14(2)25)23(15,4)20(17)9-10-22(18,19)3/h11,17-21H,5-10,12H2,1-4H3/t17?,18?,19?,20?,21?,22-,23+/m1/s1. The first kappa shape index (κ1) is 18.9. The van der Waals surface area contributed by atoms with E-state index < -0.39 is 0 Å². The van der Waals surface area contributed by atoms with Crippen molar-refractivity contribution in [3.8, 4) is 0 Å². The van der Waals surface area contributed by atoms with Crippen molar-refractivity contribution in [2.24, 2.45) is 34.5 Å². The molecule has 0 aromatic carbocycles. The largest absolute Gasteiger partial charge is 0.461 e. The van der Waals surface area contributed by atoms with Gasteiger partial charge in [0.2, 0.25) is 0 Å². The van der Waals surface area contributed by atoms with E-state index in [9.17, 15) is 14.4 Å². The molecule has 4 nitrogen and oxygen atoms in total. The van der Waals surface area contributed by atoms with Crippen molar-refractivity contribution in [1.29, 1.82) is 0 Å². The predicted molar refractivity (Wildman–Crippen MR) is 102 cm³/mol. The molecule has 4 rings (SSSR count). The summed E-state index contributed by atoms with van der Waals surface area (Å²) in [4.78, 5) is 36.3. The molecule has 0 aromatic heterocycles. The quantitative estimate of drug-likeness (QED) is 0.679. The molecule has 4 aliphatic carbocycles. The summed E-state index contributed by atoms with van der Waals surface area (Å²) in [6.07, 6.45) is 8.09. The molecule has 4 heteroatoms. The van der Waals surface area contributed by atoms with Crippen LogP contribution < -0.4 is 0 Å². The van der Waals surface area contributed by atoms with Crippen LogP contribution in [0.25, 0.3) is 0 Å². The van der Waals surface area contributed by atoms with E-state index in [-0.39, 0.29) is 34.6 Å². The van der Waals surface area contributed by atoms with Crippen molar-refractivity contribution in [2.75, 3.05) is 0 Å². The van der Waals surface area contributed by atoms with Crippen molar-refractivity contribution in [2.45, 2.75) is 78.7 Å². The molecule has 0 aromatic rings. The van der Waals surface area contributed by atoms with Gasteiger partial charge in [-0.1, -0.05) is 19.4 Å². The molecular formula is C23H32O4. The van der Waals surface area contributed by atoms with Gasteiger partial charge < -0.3 is 4.74 Å². The Balaban J connectivity index is 1.70. The normalized spacial score (nSPS) is 46.0. The van der Waals surface area contributed by atoms with Gasteiger partial charge in [0, 0.05) is 24.7 Å². The van der Waals surface area contributed by atoms with Crippen LogP contribution in [0.15, 0.2) is 11.6 Å². The molecular weight excluding hydrogens is 340 g/mol. The number of carbonyl (C=O) groups excluding carboxylic acids is 3. The number of carbonyl (C=O) groups is 3. The predicted octanol–water partition coefficient (Wildman–Crippen LogP) is 4.27. The maximum atomic E-state index is 12.3. The zero-order valence-corrected chi connectivity index (χ0v) is 17.0. The first-order valence-corrected chi connectivity index (χ1v) is 10.6. The van der Waals surface area contributed by atoms with Crippen LogP contribution in [0.4, 0.5) is 0 Å². The van der Waals surface area contributed by atoms with Crippen LogP contribution in [0, 0.1) is 34.5 Å². The first-order chi connectivity index (χ1) is 12.7. The zero-order valence-electron chi connectivity index (χ0n) is 17.0. The minimum Gasteiger partial charge on any atom is -0.461 e. The number of ketones is 2. The number of ether oxygens (including phenoxy) is 1. The summed E-state index contributed by atoms with van der Waals surface area (Å²) in [5.74, 6) is 1.90. The van der Waals surface area contributed by atoms with Gasteiger partial charge in [-0.05, 0) is 74.7 Å². The highest BCUT2D eigenvalue weighted by Crippen LogP contribution is 2.66. The molecule has 0 bridgehead atoms. The second-order valence-electron chi connectivity index (χ2n) is 9.92. The molecule has 0 radical (unpaired) electrons. The van der Waals surface area contributed by atoms with Gasteiger partial charge in [0.15, 0.2) is 5.78 Å². The fourth-order valence-electron chi connectivity index (χ4n) is 7.62. The zero-order chi connectivity index (χ0) is 19.6. The van der Waals surface area contributed by atoms with Gasteiger partial charge in [-0.2, -0.15) is 0 Å². The van der Waals surface area contributed by atoms with Gasteiger partial charge >= 0.3 is 5.97 Å². The molecule has 4 aliphatic rings. The summed E-state index contributed by atoms with van der Waals surface area (Å²) >= 11 is 0. The van der Waals surface area contributed by atoms with Crippen LogP contribution in [0.3, 0.4) is 0 Å². The third-order valence-electron chi connectivity index (χ3n) is 8.84. The Morgan fingerprint density at radius 2 is 1.81 bits per heavy atom. The van der Waals surface area contributed by atoms with Gasteiger partial charge in [-0.15, -0.1) is 0 Å². The van der Waals surface area contributed by atoms with Crippen LogP contribution in [0.5, 0.6) is 0 Å². The molecule has 3 fully saturated rings. The fourth-order valence-corrected chi connectivity index (χ4v) is 7.62. The van der Waals surface area contributed by atoms with E-state index in [1.54, 1.807) is 6.92 Å². The number of Topliss-reactive ketones (excluding diaryl/α,β-unsaturated/α-hetero) is 1. The topological polar surface area (TPSA) is 60.4 Å². The smallest absolute Gasteiger partial charge is 0.302 e. The van der Waals surface area contributed by atoms with Crippen LogP contribution in [0.1, 0.15) is 72.6 Å². The second-order valence-corrected chi connectivity index (χ2v) is 9.92. The summed E-state index contributed by atoms with van der Waals surface area (Å²) in [5, 5.41) is 0. The maximum absolute atomic E-state index is 12.3. The monoisotopic (exact) mass is 372 g/mol. The summed E-state index contributed by atoms with van der Waals surface area (Å²) in [7, 11) is 0. The molecule has 0 amide bonds. The van der Waals surface area contributed by atoms with Crippen molar-refractivity contribution >= 4 is 17.5 Å². The molecule has 148 valence electrons. The van der Waals surface area contributed by atoms with E-state index in [1.165, 1.54) is 12.5 Å². The Hall–Kier alpha value is -1.45. The van der Waals surface area contributed by atoms with E-state index in [0.717, 1.165) is 38.5 Å². The van der Waals surface area contributed by atoms with E-state index >= 15 is 0 Å². The lowest BCUT2D eigenvalue weighted by atomic mass is 9.46. The molecule has 0 heterocycles. The molecule has 27 heavy (non-hydrogen) atoms. The lowest BCUT2D eigenvalue weighted by Gasteiger charge is -2.59. The van der Waals surface area contributed by atoms with Crippen LogP contribution in [-0.2, 0) is 19.1 Å². The molecule has 7 atom stereocenters. The summed E-state index contributed by atoms with van der Waals surface area (Å²) in [6, 6.07) is 0. The van der Waals surface area contributed by atoms with Crippen LogP contribution >= 0.6 is 0 Å². The number of hydrogen-bond donors (Lipinski definition) is 0. The second kappa shape index (κ2) is 6.28. The van der Waals surface area contributed by atoms with Crippen molar-refractivity contribution in [1.82, 2.24) is 0 Å². The molecule has 0 saturated heterocycles. The SMILES string of the molecule is CC(=O)OC1CC(=O)C=C2CCC3C4CCC(C(C)=O)[C@@]4(C)CCC3[C@]21C. The van der Waals surface area contributed by atoms with Gasteiger partial charge in [0.1, 0.15) is 11.9 Å². The number of fused-ring (bicyclic) bond motifs is 5.